The summed E-state index contributed by atoms with van der Waals surface area (Å²) in [6.45, 7) is 1.97. The highest BCUT2D eigenvalue weighted by Gasteiger charge is 2.11. The van der Waals surface area contributed by atoms with Gasteiger partial charge in [0.2, 0.25) is 5.95 Å². The number of hydrogen-bond acceptors (Lipinski definition) is 2. The average Bonchev–Trinajstić information content (AvgIpc) is 2.80. The summed E-state index contributed by atoms with van der Waals surface area (Å²) in [5.74, 6) is 0.752. The minimum Gasteiger partial charge on any atom is -0.325 e. The molecule has 3 rings (SSSR count). The smallest absolute Gasteiger partial charge is 0.212 e. The second-order valence-electron chi connectivity index (χ2n) is 4.66. The number of aromatic nitrogens is 2. The first kappa shape index (κ1) is 14.4. The van der Waals surface area contributed by atoms with E-state index in [1.165, 1.54) is 0 Å². The van der Waals surface area contributed by atoms with Crippen molar-refractivity contribution in [3.63, 3.8) is 0 Å². The fourth-order valence-corrected chi connectivity index (χ4v) is 3.04. The van der Waals surface area contributed by atoms with Crippen molar-refractivity contribution in [1.29, 1.82) is 0 Å². The van der Waals surface area contributed by atoms with E-state index in [0.717, 1.165) is 26.6 Å². The summed E-state index contributed by atoms with van der Waals surface area (Å²) in [5, 5.41) is 4.03. The Hall–Kier alpha value is -1.53. The van der Waals surface area contributed by atoms with Gasteiger partial charge in [-0.3, -0.25) is 4.57 Å². The summed E-state index contributed by atoms with van der Waals surface area (Å²) < 4.78 is 3.08. The van der Waals surface area contributed by atoms with Gasteiger partial charge in [-0.05, 0) is 59.8 Å². The molecule has 0 spiro atoms. The highest BCUT2D eigenvalue weighted by atomic mass is 127. The van der Waals surface area contributed by atoms with E-state index in [9.17, 15) is 0 Å². The Morgan fingerprint density at radius 2 is 1.90 bits per heavy atom. The number of anilines is 2. The van der Waals surface area contributed by atoms with E-state index in [0.29, 0.717) is 5.02 Å². The number of nitrogens with zero attached hydrogens (tertiary/aromatic N) is 2. The van der Waals surface area contributed by atoms with Crippen LogP contribution in [0, 0.1) is 10.5 Å². The van der Waals surface area contributed by atoms with Crippen molar-refractivity contribution >= 4 is 45.8 Å². The van der Waals surface area contributed by atoms with Gasteiger partial charge in [-0.15, -0.1) is 0 Å². The number of hydrogen-bond donors (Lipinski definition) is 1. The number of benzene rings is 2. The van der Waals surface area contributed by atoms with Crippen LogP contribution in [-0.4, -0.2) is 9.55 Å². The zero-order valence-corrected chi connectivity index (χ0v) is 14.3. The standard InChI is InChI=1S/C16H13ClIN3/c1-11-10-21(15-8-7-12(18)9-14(15)17)16(19-11)20-13-5-3-2-4-6-13/h2-10H,1H3,(H,19,20). The molecule has 1 N–H and O–H groups in total. The van der Waals surface area contributed by atoms with E-state index in [1.807, 2.05) is 66.2 Å². The Labute approximate surface area is 142 Å². The van der Waals surface area contributed by atoms with Crippen molar-refractivity contribution in [1.82, 2.24) is 9.55 Å². The van der Waals surface area contributed by atoms with Crippen molar-refractivity contribution < 1.29 is 0 Å². The monoisotopic (exact) mass is 409 g/mol. The molecule has 0 atom stereocenters. The van der Waals surface area contributed by atoms with Crippen LogP contribution in [-0.2, 0) is 0 Å². The minimum atomic E-state index is 0.704. The van der Waals surface area contributed by atoms with Crippen LogP contribution in [0.1, 0.15) is 5.69 Å². The van der Waals surface area contributed by atoms with Crippen molar-refractivity contribution in [2.75, 3.05) is 5.32 Å². The van der Waals surface area contributed by atoms with E-state index in [-0.39, 0.29) is 0 Å². The SMILES string of the molecule is Cc1cn(-c2ccc(I)cc2Cl)c(Nc2ccccc2)n1. The molecule has 0 fully saturated rings. The van der Waals surface area contributed by atoms with Gasteiger partial charge >= 0.3 is 0 Å². The highest BCUT2D eigenvalue weighted by Crippen LogP contribution is 2.27. The fraction of sp³-hybridized carbons (Fsp3) is 0.0625. The number of imidazole rings is 1. The van der Waals surface area contributed by atoms with E-state index in [2.05, 4.69) is 32.9 Å². The topological polar surface area (TPSA) is 29.9 Å². The molecule has 106 valence electrons. The second-order valence-corrected chi connectivity index (χ2v) is 6.32. The van der Waals surface area contributed by atoms with Crippen LogP contribution in [0.4, 0.5) is 11.6 Å². The van der Waals surface area contributed by atoms with Gasteiger partial charge in [0, 0.05) is 15.5 Å². The molecule has 0 aliphatic heterocycles. The van der Waals surface area contributed by atoms with Crippen LogP contribution in [0.15, 0.2) is 54.7 Å². The molecule has 3 aromatic rings. The second kappa shape index (κ2) is 6.07. The van der Waals surface area contributed by atoms with Crippen LogP contribution in [0.2, 0.25) is 5.02 Å². The largest absolute Gasteiger partial charge is 0.325 e. The average molecular weight is 410 g/mol. The minimum absolute atomic E-state index is 0.704. The number of para-hydroxylation sites is 1. The Morgan fingerprint density at radius 3 is 2.62 bits per heavy atom. The Morgan fingerprint density at radius 1 is 1.14 bits per heavy atom. The van der Waals surface area contributed by atoms with E-state index in [4.69, 9.17) is 11.6 Å². The molecule has 1 heterocycles. The predicted molar refractivity (Wildman–Crippen MR) is 95.8 cm³/mol. The lowest BCUT2D eigenvalue weighted by Gasteiger charge is -2.11. The molecule has 0 aliphatic carbocycles. The zero-order valence-electron chi connectivity index (χ0n) is 11.3. The molecular formula is C16H13ClIN3. The van der Waals surface area contributed by atoms with Gasteiger partial charge in [-0.2, -0.15) is 0 Å². The molecular weight excluding hydrogens is 397 g/mol. The van der Waals surface area contributed by atoms with Crippen LogP contribution < -0.4 is 5.32 Å². The third-order valence-corrected chi connectivity index (χ3v) is 4.00. The molecule has 1 aromatic heterocycles. The van der Waals surface area contributed by atoms with Crippen molar-refractivity contribution in [3.8, 4) is 5.69 Å². The summed E-state index contributed by atoms with van der Waals surface area (Å²) in [5.41, 5.74) is 2.84. The third-order valence-electron chi connectivity index (χ3n) is 3.03. The molecule has 0 saturated heterocycles. The summed E-state index contributed by atoms with van der Waals surface area (Å²) >= 11 is 8.62. The van der Waals surface area contributed by atoms with Crippen LogP contribution in [0.5, 0.6) is 0 Å². The fourth-order valence-electron chi connectivity index (χ4n) is 2.10. The highest BCUT2D eigenvalue weighted by molar-refractivity contribution is 14.1. The van der Waals surface area contributed by atoms with Gasteiger partial charge in [-0.25, -0.2) is 4.98 Å². The first-order valence-electron chi connectivity index (χ1n) is 6.47. The number of aryl methyl sites for hydroxylation is 1. The Balaban J connectivity index is 2.03. The maximum absolute atomic E-state index is 6.37. The molecule has 2 aromatic carbocycles. The summed E-state index contributed by atoms with van der Waals surface area (Å²) in [6, 6.07) is 15.9. The van der Waals surface area contributed by atoms with Gasteiger partial charge in [-0.1, -0.05) is 29.8 Å². The van der Waals surface area contributed by atoms with Gasteiger partial charge in [0.1, 0.15) is 0 Å². The van der Waals surface area contributed by atoms with Crippen LogP contribution >= 0.6 is 34.2 Å². The summed E-state index contributed by atoms with van der Waals surface area (Å²) in [7, 11) is 0. The molecule has 0 radical (unpaired) electrons. The van der Waals surface area contributed by atoms with Gasteiger partial charge < -0.3 is 5.32 Å². The first-order chi connectivity index (χ1) is 10.1. The molecule has 0 unspecified atom stereocenters. The lowest BCUT2D eigenvalue weighted by molar-refractivity contribution is 1.06. The normalized spacial score (nSPS) is 10.6. The van der Waals surface area contributed by atoms with E-state index in [1.54, 1.807) is 0 Å². The van der Waals surface area contributed by atoms with Crippen molar-refractivity contribution in [3.05, 3.63) is 69.0 Å². The summed E-state index contributed by atoms with van der Waals surface area (Å²) in [6.07, 6.45) is 1.97. The maximum Gasteiger partial charge on any atom is 0.212 e. The number of nitrogens with one attached hydrogen (secondary N) is 1. The quantitative estimate of drug-likeness (QED) is 0.604. The molecule has 0 saturated carbocycles. The molecule has 21 heavy (non-hydrogen) atoms. The molecule has 0 bridgehead atoms. The lowest BCUT2D eigenvalue weighted by Crippen LogP contribution is -2.01. The van der Waals surface area contributed by atoms with Crippen LogP contribution in [0.25, 0.3) is 5.69 Å². The van der Waals surface area contributed by atoms with Gasteiger partial charge in [0.05, 0.1) is 16.4 Å². The zero-order chi connectivity index (χ0) is 14.8. The van der Waals surface area contributed by atoms with Gasteiger partial charge in [0.15, 0.2) is 0 Å². The van der Waals surface area contributed by atoms with E-state index >= 15 is 0 Å². The Bertz CT molecular complexity index is 768. The summed E-state index contributed by atoms with van der Waals surface area (Å²) in [4.78, 5) is 4.54. The van der Waals surface area contributed by atoms with Gasteiger partial charge in [0.25, 0.3) is 0 Å². The Kier molecular flexibility index (Phi) is 4.17. The van der Waals surface area contributed by atoms with Crippen LogP contribution in [0.3, 0.4) is 0 Å². The number of halogens is 2. The lowest BCUT2D eigenvalue weighted by atomic mass is 10.3. The first-order valence-corrected chi connectivity index (χ1v) is 7.92. The molecule has 0 aliphatic rings. The van der Waals surface area contributed by atoms with Crippen molar-refractivity contribution in [2.45, 2.75) is 6.92 Å². The van der Waals surface area contributed by atoms with E-state index < -0.39 is 0 Å². The molecule has 5 heteroatoms. The maximum atomic E-state index is 6.37. The molecule has 0 amide bonds. The van der Waals surface area contributed by atoms with Crippen molar-refractivity contribution in [2.24, 2.45) is 0 Å². The third kappa shape index (κ3) is 3.22. The number of rotatable bonds is 3. The predicted octanol–water partition coefficient (Wildman–Crippen LogP) is 5.18. The molecule has 3 nitrogen and oxygen atoms in total.